The van der Waals surface area contributed by atoms with Crippen molar-refractivity contribution in [1.29, 1.82) is 0 Å². The lowest BCUT2D eigenvalue weighted by molar-refractivity contribution is -0.144. The molecular weight excluding hydrogens is 388 g/mol. The van der Waals surface area contributed by atoms with Gasteiger partial charge in [0.1, 0.15) is 12.2 Å². The Morgan fingerprint density at radius 3 is 2.07 bits per heavy atom. The number of hydrogen-bond acceptors (Lipinski definition) is 5. The molecule has 0 amide bonds. The Morgan fingerprint density at radius 2 is 1.57 bits per heavy atom. The van der Waals surface area contributed by atoms with E-state index in [9.17, 15) is 9.90 Å². The number of rotatable bonds is 8. The van der Waals surface area contributed by atoms with E-state index in [-0.39, 0.29) is 16.7 Å². The molecule has 0 saturated carbocycles. The Balaban J connectivity index is 2.62. The third kappa shape index (κ3) is 6.66. The van der Waals surface area contributed by atoms with E-state index < -0.39 is 34.8 Å². The van der Waals surface area contributed by atoms with Gasteiger partial charge in [0.05, 0.1) is 18.8 Å². The number of esters is 1. The summed E-state index contributed by atoms with van der Waals surface area (Å²) in [5.74, 6) is -0.417. The second-order valence-electron chi connectivity index (χ2n) is 10.6. The van der Waals surface area contributed by atoms with E-state index in [4.69, 9.17) is 13.6 Å². The molecule has 0 bridgehead atoms. The molecule has 1 aliphatic rings. The zero-order chi connectivity index (χ0) is 22.0. The first-order chi connectivity index (χ1) is 12.5. The standard InChI is InChI=1S/C21H40O5Si2/c1-20(2,3)27(7,8)24-13-11-12-16-14-18(26-19(16)23)17(22)15-25-28(9,10)21(4,5)6/h11-12,14,17-18,22H,13,15H2,1-10H3/b12-11+/t17-,18+/m1/s1. The lowest BCUT2D eigenvalue weighted by Gasteiger charge is -2.37. The van der Waals surface area contributed by atoms with Crippen LogP contribution in [0.2, 0.25) is 36.3 Å². The van der Waals surface area contributed by atoms with Gasteiger partial charge in [-0.05, 0) is 48.4 Å². The first-order valence-electron chi connectivity index (χ1n) is 10.0. The fraction of sp³-hybridized carbons (Fsp3) is 0.762. The van der Waals surface area contributed by atoms with Gasteiger partial charge in [-0.15, -0.1) is 0 Å². The lowest BCUT2D eigenvalue weighted by atomic mass is 10.1. The van der Waals surface area contributed by atoms with Crippen LogP contribution in [0.15, 0.2) is 23.8 Å². The Kier molecular flexibility index (Phi) is 8.09. The number of hydrogen-bond donors (Lipinski definition) is 1. The second-order valence-corrected chi connectivity index (χ2v) is 20.2. The highest BCUT2D eigenvalue weighted by Crippen LogP contribution is 2.37. The molecule has 1 aliphatic heterocycles. The molecule has 1 N–H and O–H groups in total. The first-order valence-corrected chi connectivity index (χ1v) is 15.8. The van der Waals surface area contributed by atoms with Crippen LogP contribution in [0.3, 0.4) is 0 Å². The molecule has 2 atom stereocenters. The quantitative estimate of drug-likeness (QED) is 0.444. The summed E-state index contributed by atoms with van der Waals surface area (Å²) in [6, 6.07) is 0. The van der Waals surface area contributed by atoms with Crippen molar-refractivity contribution in [3.8, 4) is 0 Å². The van der Waals surface area contributed by atoms with Gasteiger partial charge < -0.3 is 18.7 Å². The largest absolute Gasteiger partial charge is 0.452 e. The van der Waals surface area contributed by atoms with Gasteiger partial charge in [0.15, 0.2) is 16.6 Å². The molecule has 0 aromatic carbocycles. The molecule has 7 heteroatoms. The fourth-order valence-corrected chi connectivity index (χ4v) is 4.00. The summed E-state index contributed by atoms with van der Waals surface area (Å²) in [5.41, 5.74) is 0.454. The second kappa shape index (κ2) is 8.96. The van der Waals surface area contributed by atoms with Crippen LogP contribution in [-0.4, -0.2) is 53.1 Å². The van der Waals surface area contributed by atoms with Gasteiger partial charge >= 0.3 is 5.97 Å². The predicted molar refractivity (Wildman–Crippen MR) is 119 cm³/mol. The van der Waals surface area contributed by atoms with Crippen LogP contribution in [0.25, 0.3) is 0 Å². The van der Waals surface area contributed by atoms with E-state index >= 15 is 0 Å². The Labute approximate surface area is 173 Å². The molecule has 1 heterocycles. The first kappa shape index (κ1) is 25.3. The van der Waals surface area contributed by atoms with E-state index in [1.807, 2.05) is 6.08 Å². The minimum atomic E-state index is -1.96. The number of ether oxygens (including phenoxy) is 1. The maximum absolute atomic E-state index is 12.1. The zero-order valence-electron chi connectivity index (χ0n) is 19.4. The molecule has 0 radical (unpaired) electrons. The van der Waals surface area contributed by atoms with E-state index in [0.717, 1.165) is 0 Å². The molecule has 1 rings (SSSR count). The highest BCUT2D eigenvalue weighted by Gasteiger charge is 2.39. The molecule has 28 heavy (non-hydrogen) atoms. The van der Waals surface area contributed by atoms with Crippen molar-refractivity contribution in [2.24, 2.45) is 0 Å². The van der Waals surface area contributed by atoms with E-state index in [1.165, 1.54) is 0 Å². The van der Waals surface area contributed by atoms with E-state index in [0.29, 0.717) is 12.2 Å². The third-order valence-electron chi connectivity index (χ3n) is 6.27. The molecule has 0 spiro atoms. The van der Waals surface area contributed by atoms with Gasteiger partial charge in [-0.3, -0.25) is 0 Å². The molecule has 5 nitrogen and oxygen atoms in total. The van der Waals surface area contributed by atoms with Crippen molar-refractivity contribution in [2.75, 3.05) is 13.2 Å². The third-order valence-corrected chi connectivity index (χ3v) is 15.3. The van der Waals surface area contributed by atoms with Crippen molar-refractivity contribution in [1.82, 2.24) is 0 Å². The minimum absolute atomic E-state index is 0.0625. The lowest BCUT2D eigenvalue weighted by Crippen LogP contribution is -2.44. The number of aliphatic hydroxyl groups excluding tert-OH is 1. The molecule has 0 aliphatic carbocycles. The summed E-state index contributed by atoms with van der Waals surface area (Å²) < 4.78 is 17.4. The average molecular weight is 429 g/mol. The van der Waals surface area contributed by atoms with Crippen molar-refractivity contribution < 1.29 is 23.5 Å². The van der Waals surface area contributed by atoms with E-state index in [1.54, 1.807) is 12.2 Å². The number of cyclic esters (lactones) is 1. The van der Waals surface area contributed by atoms with Gasteiger partial charge in [0.2, 0.25) is 0 Å². The molecule has 162 valence electrons. The monoisotopic (exact) mass is 428 g/mol. The molecule has 0 aromatic heterocycles. The van der Waals surface area contributed by atoms with Crippen molar-refractivity contribution in [2.45, 2.75) is 90.0 Å². The van der Waals surface area contributed by atoms with Gasteiger partial charge in [-0.2, -0.15) is 0 Å². The van der Waals surface area contributed by atoms with Crippen molar-refractivity contribution >= 4 is 22.6 Å². The number of carbonyl (C=O) groups excluding carboxylic acids is 1. The van der Waals surface area contributed by atoms with Gasteiger partial charge in [-0.1, -0.05) is 47.6 Å². The van der Waals surface area contributed by atoms with Crippen LogP contribution < -0.4 is 0 Å². The highest BCUT2D eigenvalue weighted by molar-refractivity contribution is 6.74. The summed E-state index contributed by atoms with van der Waals surface area (Å²) in [5, 5.41) is 10.6. The molecule has 0 fully saturated rings. The summed E-state index contributed by atoms with van der Waals surface area (Å²) >= 11 is 0. The van der Waals surface area contributed by atoms with Crippen molar-refractivity contribution in [3.63, 3.8) is 0 Å². The fourth-order valence-electron chi connectivity index (χ4n) is 2.04. The predicted octanol–water partition coefficient (Wildman–Crippen LogP) is 4.80. The molecule has 0 saturated heterocycles. The zero-order valence-corrected chi connectivity index (χ0v) is 21.4. The number of aliphatic hydroxyl groups is 1. The maximum atomic E-state index is 12.1. The SMILES string of the molecule is CC(C)(C)[Si](C)(C)OC/C=C/C1=C[C@@H]([C@H](O)CO[Si](C)(C)C(C)(C)C)OC1=O. The summed E-state index contributed by atoms with van der Waals surface area (Å²) in [6.07, 6.45) is 3.70. The molecule has 0 aromatic rings. The topological polar surface area (TPSA) is 65.0 Å². The Hall–Kier alpha value is -0.736. The van der Waals surface area contributed by atoms with Crippen LogP contribution >= 0.6 is 0 Å². The smallest absolute Gasteiger partial charge is 0.338 e. The van der Waals surface area contributed by atoms with Crippen LogP contribution in [0, 0.1) is 0 Å². The van der Waals surface area contributed by atoms with Crippen LogP contribution in [0.4, 0.5) is 0 Å². The molecule has 0 unspecified atom stereocenters. The molecular formula is C21H40O5Si2. The van der Waals surface area contributed by atoms with E-state index in [2.05, 4.69) is 67.7 Å². The number of carbonyl (C=O) groups is 1. The van der Waals surface area contributed by atoms with Gasteiger partial charge in [-0.25, -0.2) is 4.79 Å². The Bertz CT molecular complexity index is 609. The van der Waals surface area contributed by atoms with Crippen LogP contribution in [0.1, 0.15) is 41.5 Å². The van der Waals surface area contributed by atoms with Gasteiger partial charge in [0.25, 0.3) is 0 Å². The normalized spacial score (nSPS) is 20.5. The Morgan fingerprint density at radius 1 is 1.07 bits per heavy atom. The van der Waals surface area contributed by atoms with Gasteiger partial charge in [0, 0.05) is 0 Å². The maximum Gasteiger partial charge on any atom is 0.338 e. The highest BCUT2D eigenvalue weighted by atomic mass is 28.4. The average Bonchev–Trinajstić information content (AvgIpc) is 2.88. The summed E-state index contributed by atoms with van der Waals surface area (Å²) in [4.78, 5) is 12.1. The minimum Gasteiger partial charge on any atom is -0.452 e. The summed E-state index contributed by atoms with van der Waals surface area (Å²) in [7, 11) is -3.77. The van der Waals surface area contributed by atoms with Crippen molar-refractivity contribution in [3.05, 3.63) is 23.8 Å². The summed E-state index contributed by atoms with van der Waals surface area (Å²) in [6.45, 7) is 22.3. The van der Waals surface area contributed by atoms with Crippen LogP contribution in [-0.2, 0) is 18.4 Å². The van der Waals surface area contributed by atoms with Crippen LogP contribution in [0.5, 0.6) is 0 Å².